The molecule has 0 aliphatic heterocycles. The summed E-state index contributed by atoms with van der Waals surface area (Å²) < 4.78 is 9.50. The van der Waals surface area contributed by atoms with Crippen molar-refractivity contribution in [2.45, 2.75) is 46.7 Å². The number of aryl methyl sites for hydroxylation is 2. The second kappa shape index (κ2) is 6.17. The molecule has 0 aliphatic carbocycles. The fourth-order valence-electron chi connectivity index (χ4n) is 2.34. The Bertz CT molecular complexity index is 739. The van der Waals surface area contributed by atoms with Crippen molar-refractivity contribution < 1.29 is 4.42 Å². The molecule has 0 spiro atoms. The standard InChI is InChI=1S/C16H21N5O/c1-4-5-8-21-15(10-20-11-17-12(2)13(20)3)18-16(19-21)14-7-6-9-22-14/h6-7,9,11H,4-5,8,10H2,1-3H3. The first kappa shape index (κ1) is 14.6. The van der Waals surface area contributed by atoms with Gasteiger partial charge in [-0.25, -0.2) is 14.6 Å². The first-order valence-corrected chi connectivity index (χ1v) is 7.65. The number of hydrogen-bond donors (Lipinski definition) is 0. The molecule has 0 atom stereocenters. The predicted molar refractivity (Wildman–Crippen MR) is 83.4 cm³/mol. The maximum Gasteiger partial charge on any atom is 0.217 e. The topological polar surface area (TPSA) is 61.7 Å². The second-order valence-electron chi connectivity index (χ2n) is 5.45. The third-order valence-electron chi connectivity index (χ3n) is 3.87. The van der Waals surface area contributed by atoms with Gasteiger partial charge in [-0.15, -0.1) is 5.10 Å². The summed E-state index contributed by atoms with van der Waals surface area (Å²) in [5.74, 6) is 2.28. The highest BCUT2D eigenvalue weighted by molar-refractivity contribution is 5.45. The lowest BCUT2D eigenvalue weighted by Crippen LogP contribution is -2.10. The lowest BCUT2D eigenvalue weighted by molar-refractivity contribution is 0.529. The van der Waals surface area contributed by atoms with Gasteiger partial charge < -0.3 is 8.98 Å². The van der Waals surface area contributed by atoms with Crippen molar-refractivity contribution in [3.63, 3.8) is 0 Å². The lowest BCUT2D eigenvalue weighted by atomic mass is 10.3. The van der Waals surface area contributed by atoms with Crippen molar-refractivity contribution in [1.29, 1.82) is 0 Å². The molecule has 3 rings (SSSR count). The molecule has 6 nitrogen and oxygen atoms in total. The van der Waals surface area contributed by atoms with E-state index in [2.05, 4.69) is 33.5 Å². The monoisotopic (exact) mass is 299 g/mol. The summed E-state index contributed by atoms with van der Waals surface area (Å²) in [4.78, 5) is 9.01. The van der Waals surface area contributed by atoms with Gasteiger partial charge in [0.25, 0.3) is 0 Å². The second-order valence-corrected chi connectivity index (χ2v) is 5.45. The zero-order valence-electron chi connectivity index (χ0n) is 13.3. The van der Waals surface area contributed by atoms with E-state index in [0.29, 0.717) is 18.1 Å². The average Bonchev–Trinajstić information content (AvgIpc) is 3.22. The summed E-state index contributed by atoms with van der Waals surface area (Å²) in [5, 5.41) is 4.60. The number of rotatable bonds is 6. The number of unbranched alkanes of at least 4 members (excludes halogenated alkanes) is 1. The first-order chi connectivity index (χ1) is 10.7. The van der Waals surface area contributed by atoms with Gasteiger partial charge in [0, 0.05) is 12.2 Å². The molecule has 116 valence electrons. The summed E-state index contributed by atoms with van der Waals surface area (Å²) in [6.45, 7) is 7.80. The van der Waals surface area contributed by atoms with Gasteiger partial charge in [-0.05, 0) is 32.4 Å². The Morgan fingerprint density at radius 2 is 2.14 bits per heavy atom. The Hall–Kier alpha value is -2.37. The Labute approximate surface area is 129 Å². The zero-order valence-corrected chi connectivity index (χ0v) is 13.3. The van der Waals surface area contributed by atoms with Gasteiger partial charge >= 0.3 is 0 Å². The van der Waals surface area contributed by atoms with Crippen molar-refractivity contribution in [1.82, 2.24) is 24.3 Å². The molecule has 3 aromatic heterocycles. The van der Waals surface area contributed by atoms with Crippen LogP contribution in [0.2, 0.25) is 0 Å². The normalized spacial score (nSPS) is 11.2. The van der Waals surface area contributed by atoms with Crippen molar-refractivity contribution in [2.24, 2.45) is 0 Å². The van der Waals surface area contributed by atoms with Gasteiger partial charge in [0.2, 0.25) is 5.82 Å². The molecular formula is C16H21N5O. The summed E-state index contributed by atoms with van der Waals surface area (Å²) in [6.07, 6.45) is 5.70. The lowest BCUT2D eigenvalue weighted by Gasteiger charge is -2.07. The van der Waals surface area contributed by atoms with Gasteiger partial charge in [0.05, 0.1) is 24.8 Å². The highest BCUT2D eigenvalue weighted by atomic mass is 16.3. The minimum atomic E-state index is 0.644. The van der Waals surface area contributed by atoms with E-state index >= 15 is 0 Å². The molecule has 3 aromatic rings. The van der Waals surface area contributed by atoms with Crippen LogP contribution >= 0.6 is 0 Å². The van der Waals surface area contributed by atoms with E-state index in [4.69, 9.17) is 4.42 Å². The summed E-state index contributed by atoms with van der Waals surface area (Å²) in [7, 11) is 0. The molecule has 3 heterocycles. The molecule has 0 saturated heterocycles. The van der Waals surface area contributed by atoms with Gasteiger partial charge in [0.15, 0.2) is 5.76 Å². The molecule has 0 fully saturated rings. The summed E-state index contributed by atoms with van der Waals surface area (Å²) in [6, 6.07) is 3.74. The van der Waals surface area contributed by atoms with Crippen LogP contribution < -0.4 is 0 Å². The number of aromatic nitrogens is 5. The largest absolute Gasteiger partial charge is 0.461 e. The van der Waals surface area contributed by atoms with Crippen molar-refractivity contribution in [2.75, 3.05) is 0 Å². The Balaban J connectivity index is 1.92. The van der Waals surface area contributed by atoms with Crippen LogP contribution in [-0.4, -0.2) is 24.3 Å². The van der Waals surface area contributed by atoms with Gasteiger partial charge in [0.1, 0.15) is 5.82 Å². The molecule has 22 heavy (non-hydrogen) atoms. The van der Waals surface area contributed by atoms with Crippen LogP contribution in [0.25, 0.3) is 11.6 Å². The minimum Gasteiger partial charge on any atom is -0.461 e. The van der Waals surface area contributed by atoms with E-state index in [0.717, 1.165) is 36.6 Å². The fourth-order valence-corrected chi connectivity index (χ4v) is 2.34. The number of hydrogen-bond acceptors (Lipinski definition) is 4. The van der Waals surface area contributed by atoms with E-state index in [-0.39, 0.29) is 0 Å². The van der Waals surface area contributed by atoms with Gasteiger partial charge in [-0.1, -0.05) is 13.3 Å². The van der Waals surface area contributed by atoms with Crippen molar-refractivity contribution in [3.8, 4) is 11.6 Å². The molecule has 0 aliphatic rings. The molecule has 0 unspecified atom stereocenters. The van der Waals surface area contributed by atoms with Crippen LogP contribution in [0, 0.1) is 13.8 Å². The highest BCUT2D eigenvalue weighted by Crippen LogP contribution is 2.17. The Morgan fingerprint density at radius 3 is 2.77 bits per heavy atom. The van der Waals surface area contributed by atoms with Crippen LogP contribution in [0.4, 0.5) is 0 Å². The summed E-state index contributed by atoms with van der Waals surface area (Å²) in [5.41, 5.74) is 2.20. The third-order valence-corrected chi connectivity index (χ3v) is 3.87. The molecule has 6 heteroatoms. The maximum atomic E-state index is 5.41. The molecule has 0 bridgehead atoms. The van der Waals surface area contributed by atoms with Gasteiger partial charge in [-0.3, -0.25) is 0 Å². The van der Waals surface area contributed by atoms with E-state index in [1.165, 1.54) is 0 Å². The first-order valence-electron chi connectivity index (χ1n) is 7.65. The minimum absolute atomic E-state index is 0.644. The van der Waals surface area contributed by atoms with Crippen molar-refractivity contribution >= 4 is 0 Å². The maximum absolute atomic E-state index is 5.41. The quantitative estimate of drug-likeness (QED) is 0.701. The van der Waals surface area contributed by atoms with Gasteiger partial charge in [-0.2, -0.15) is 0 Å². The van der Waals surface area contributed by atoms with E-state index in [1.807, 2.05) is 30.1 Å². The van der Waals surface area contributed by atoms with Crippen LogP contribution in [0.15, 0.2) is 29.1 Å². The molecular weight excluding hydrogens is 278 g/mol. The summed E-state index contributed by atoms with van der Waals surface area (Å²) >= 11 is 0. The smallest absolute Gasteiger partial charge is 0.217 e. The van der Waals surface area contributed by atoms with Crippen molar-refractivity contribution in [3.05, 3.63) is 41.9 Å². The average molecular weight is 299 g/mol. The van der Waals surface area contributed by atoms with Crippen LogP contribution in [-0.2, 0) is 13.1 Å². The fraction of sp³-hybridized carbons (Fsp3) is 0.438. The third kappa shape index (κ3) is 2.81. The highest BCUT2D eigenvalue weighted by Gasteiger charge is 2.14. The molecule has 0 aromatic carbocycles. The number of furan rings is 1. The zero-order chi connectivity index (χ0) is 15.5. The van der Waals surface area contributed by atoms with Crippen LogP contribution in [0.3, 0.4) is 0 Å². The molecule has 0 saturated carbocycles. The van der Waals surface area contributed by atoms with E-state index < -0.39 is 0 Å². The number of imidazole rings is 1. The number of nitrogens with zero attached hydrogens (tertiary/aromatic N) is 5. The Kier molecular flexibility index (Phi) is 4.09. The van der Waals surface area contributed by atoms with E-state index in [1.54, 1.807) is 6.26 Å². The molecule has 0 radical (unpaired) electrons. The predicted octanol–water partition coefficient (Wildman–Crippen LogP) is 3.20. The van der Waals surface area contributed by atoms with Crippen LogP contribution in [0.5, 0.6) is 0 Å². The SMILES string of the molecule is CCCCn1nc(-c2ccco2)nc1Cn1cnc(C)c1C. The Morgan fingerprint density at radius 1 is 1.27 bits per heavy atom. The van der Waals surface area contributed by atoms with Crippen LogP contribution in [0.1, 0.15) is 37.0 Å². The van der Waals surface area contributed by atoms with E-state index in [9.17, 15) is 0 Å². The molecule has 0 amide bonds. The molecule has 0 N–H and O–H groups in total.